The van der Waals surface area contributed by atoms with Gasteiger partial charge in [0.05, 0.1) is 0 Å². The molecule has 1 aromatic heterocycles. The second-order valence-electron chi connectivity index (χ2n) is 8.11. The first-order valence-electron chi connectivity index (χ1n) is 10.6. The van der Waals surface area contributed by atoms with E-state index in [1.165, 1.54) is 7.57 Å². The van der Waals surface area contributed by atoms with Crippen molar-refractivity contribution in [2.45, 2.75) is 56.5 Å². The molecule has 31 heavy (non-hydrogen) atoms. The first-order chi connectivity index (χ1) is 14.8. The number of aliphatic hydroxyl groups excluding tert-OH is 1. The molecular weight excluding hydrogens is 428 g/mol. The van der Waals surface area contributed by atoms with E-state index in [2.05, 4.69) is 20.6 Å². The number of H-pyrrole nitrogens is 1. The van der Waals surface area contributed by atoms with Crippen molar-refractivity contribution in [3.8, 4) is 0 Å². The number of nitrogens with zero attached hydrogens (tertiary/aromatic N) is 2. The Labute approximate surface area is 180 Å². The zero-order valence-corrected chi connectivity index (χ0v) is 18.4. The third-order valence-electron chi connectivity index (χ3n) is 5.64. The molecule has 174 valence electrons. The van der Waals surface area contributed by atoms with Gasteiger partial charge in [-0.05, 0) is 6.54 Å². The second-order valence-corrected chi connectivity index (χ2v) is 10.4. The predicted octanol–water partition coefficient (Wildman–Crippen LogP) is -2.49. The number of hydrogen-bond acceptors (Lipinski definition) is 12. The zero-order chi connectivity index (χ0) is 22.2. The number of rotatable bonds is 8. The number of aliphatic hydroxyl groups is 1. The number of ether oxygens (including phenoxy) is 1. The maximum absolute atomic E-state index is 12.4. The normalized spacial score (nSPS) is 32.4. The van der Waals surface area contributed by atoms with Crippen molar-refractivity contribution in [2.75, 3.05) is 35.6 Å². The van der Waals surface area contributed by atoms with E-state index in [9.17, 15) is 14.8 Å². The molecule has 4 rings (SSSR count). The average Bonchev–Trinajstić information content (AvgIpc) is 3.21. The van der Waals surface area contributed by atoms with Crippen LogP contribution in [0.1, 0.15) is 25.7 Å². The molecule has 5 atom stereocenters. The van der Waals surface area contributed by atoms with Crippen LogP contribution in [0.5, 0.6) is 0 Å². The molecule has 2 saturated heterocycles. The van der Waals surface area contributed by atoms with Gasteiger partial charge in [-0.3, -0.25) is 0 Å². The number of unbranched alkanes of at least 4 members (excludes halogenated alkanes) is 3. The quantitative estimate of drug-likeness (QED) is 0.123. The van der Waals surface area contributed by atoms with Gasteiger partial charge in [-0.15, -0.1) is 0 Å². The SMILES string of the molecule is B[PH]1(O)OCC2OC(N3c4nc(N)[nH]c(=O)c4NC3NCCCCCCN)C(O)[C@@H]2O1. The molecule has 3 aliphatic heterocycles. The van der Waals surface area contributed by atoms with Crippen LogP contribution < -0.4 is 32.6 Å². The van der Waals surface area contributed by atoms with E-state index in [0.29, 0.717) is 13.1 Å². The summed E-state index contributed by atoms with van der Waals surface area (Å²) in [5.41, 5.74) is 11.1. The fraction of sp³-hybridized carbons (Fsp3) is 0.750. The molecular formula is C16H31BN7O6P. The summed E-state index contributed by atoms with van der Waals surface area (Å²) in [5, 5.41) is 17.4. The Morgan fingerprint density at radius 1 is 1.35 bits per heavy atom. The van der Waals surface area contributed by atoms with Crippen LogP contribution >= 0.6 is 7.82 Å². The standard InChI is InChI=1S/C16H31BN7O6P/c17-31(27)28-7-8-11(30-31)10(25)14(29-8)24-12-9(13(26)23-15(19)22-12)21-16(24)20-6-4-2-1-3-5-18/h8,10-11,14,16,20-21,25,27,31H,1-7,17-18H2,(H3,19,22,23,26)/t8?,10?,11-,14?,16?/m1/s1. The van der Waals surface area contributed by atoms with Gasteiger partial charge in [0.1, 0.15) is 0 Å². The van der Waals surface area contributed by atoms with Crippen LogP contribution in [0, 0.1) is 0 Å². The maximum atomic E-state index is 12.4. The molecule has 9 N–H and O–H groups in total. The third-order valence-corrected chi connectivity index (χ3v) is 7.06. The van der Waals surface area contributed by atoms with Gasteiger partial charge in [-0.1, -0.05) is 0 Å². The third kappa shape index (κ3) is 4.66. The molecule has 3 aliphatic rings. The number of nitrogens with two attached hydrogens (primary N) is 2. The molecule has 0 saturated carbocycles. The number of aromatic amines is 1. The molecule has 0 radical (unpaired) electrons. The Kier molecular flexibility index (Phi) is 6.70. The van der Waals surface area contributed by atoms with Crippen molar-refractivity contribution >= 4 is 32.8 Å². The van der Waals surface area contributed by atoms with Gasteiger partial charge in [-0.2, -0.15) is 0 Å². The van der Waals surface area contributed by atoms with Crippen LogP contribution in [0.4, 0.5) is 17.5 Å². The molecule has 2 fully saturated rings. The van der Waals surface area contributed by atoms with Gasteiger partial charge in [0.2, 0.25) is 0 Å². The van der Waals surface area contributed by atoms with Crippen LogP contribution in [0.3, 0.4) is 0 Å². The topological polar surface area (TPSA) is 193 Å². The first-order valence-corrected chi connectivity index (χ1v) is 12.8. The molecule has 1 aromatic rings. The summed E-state index contributed by atoms with van der Waals surface area (Å²) in [5.74, 6) is 0.229. The number of fused-ring (bicyclic) bond motifs is 2. The van der Waals surface area contributed by atoms with Crippen LogP contribution in [0.15, 0.2) is 4.79 Å². The monoisotopic (exact) mass is 459 g/mol. The number of nitrogens with one attached hydrogen (secondary N) is 3. The predicted molar refractivity (Wildman–Crippen MR) is 119 cm³/mol. The van der Waals surface area contributed by atoms with Crippen molar-refractivity contribution in [2.24, 2.45) is 5.73 Å². The van der Waals surface area contributed by atoms with E-state index < -0.39 is 44.2 Å². The van der Waals surface area contributed by atoms with E-state index in [1.54, 1.807) is 4.90 Å². The molecule has 0 bridgehead atoms. The molecule has 4 heterocycles. The van der Waals surface area contributed by atoms with Crippen molar-refractivity contribution in [3.05, 3.63) is 10.4 Å². The molecule has 0 spiro atoms. The molecule has 13 nitrogen and oxygen atoms in total. The van der Waals surface area contributed by atoms with E-state index in [4.69, 9.17) is 25.3 Å². The van der Waals surface area contributed by atoms with Gasteiger partial charge < -0.3 is 5.73 Å². The van der Waals surface area contributed by atoms with E-state index in [1.807, 2.05) is 0 Å². The van der Waals surface area contributed by atoms with E-state index in [0.717, 1.165) is 25.7 Å². The van der Waals surface area contributed by atoms with Gasteiger partial charge in [-0.25, -0.2) is 0 Å². The van der Waals surface area contributed by atoms with E-state index >= 15 is 0 Å². The summed E-state index contributed by atoms with van der Waals surface area (Å²) in [7, 11) is -1.83. The number of hydrogen-bond donors (Lipinski definition) is 7. The molecule has 0 amide bonds. The fourth-order valence-electron chi connectivity index (χ4n) is 4.15. The number of aromatic nitrogens is 2. The summed E-state index contributed by atoms with van der Waals surface area (Å²) >= 11 is 0. The Bertz CT molecular complexity index is 847. The van der Waals surface area contributed by atoms with Crippen LogP contribution in [0.2, 0.25) is 0 Å². The summed E-state index contributed by atoms with van der Waals surface area (Å²) < 4.78 is 17.0. The van der Waals surface area contributed by atoms with Gasteiger partial charge in [0.25, 0.3) is 0 Å². The summed E-state index contributed by atoms with van der Waals surface area (Å²) in [4.78, 5) is 31.0. The van der Waals surface area contributed by atoms with Crippen molar-refractivity contribution in [1.82, 2.24) is 15.3 Å². The van der Waals surface area contributed by atoms with Crippen molar-refractivity contribution < 1.29 is 23.8 Å². The summed E-state index contributed by atoms with van der Waals surface area (Å²) in [6.07, 6.45) is 0.111. The molecule has 4 unspecified atom stereocenters. The minimum absolute atomic E-state index is 0.0437. The second kappa shape index (κ2) is 9.16. The summed E-state index contributed by atoms with van der Waals surface area (Å²) in [6, 6.07) is 0. The Morgan fingerprint density at radius 3 is 2.90 bits per heavy atom. The van der Waals surface area contributed by atoms with Crippen LogP contribution in [-0.2, 0) is 13.8 Å². The van der Waals surface area contributed by atoms with Crippen molar-refractivity contribution in [1.29, 1.82) is 0 Å². The zero-order valence-electron chi connectivity index (χ0n) is 17.4. The van der Waals surface area contributed by atoms with Crippen LogP contribution in [-0.4, -0.2) is 78.1 Å². The average molecular weight is 459 g/mol. The van der Waals surface area contributed by atoms with Gasteiger partial charge in [0.15, 0.2) is 0 Å². The first kappa shape index (κ1) is 22.7. The van der Waals surface area contributed by atoms with Crippen molar-refractivity contribution in [3.63, 3.8) is 0 Å². The molecule has 0 aromatic carbocycles. The van der Waals surface area contributed by atoms with Gasteiger partial charge >= 0.3 is 168 Å². The minimum atomic E-state index is -3.32. The van der Waals surface area contributed by atoms with E-state index in [-0.39, 0.29) is 24.1 Å². The molecule has 15 heteroatoms. The fourth-order valence-corrected chi connectivity index (χ4v) is 5.49. The Hall–Kier alpha value is -1.51. The van der Waals surface area contributed by atoms with Gasteiger partial charge in [0, 0.05) is 0 Å². The van der Waals surface area contributed by atoms with Crippen LogP contribution in [0.25, 0.3) is 0 Å². The summed E-state index contributed by atoms with van der Waals surface area (Å²) in [6.45, 7) is 1.45. The molecule has 0 aliphatic carbocycles. The number of anilines is 3. The Morgan fingerprint density at radius 2 is 2.13 bits per heavy atom. The Balaban J connectivity index is 1.53. The number of nitrogen functional groups attached to an aromatic ring is 1.